The molecule has 1 aromatic rings. The summed E-state index contributed by atoms with van der Waals surface area (Å²) in [5.74, 6) is -0.00290. The molecule has 17 heavy (non-hydrogen) atoms. The van der Waals surface area contributed by atoms with E-state index in [1.54, 1.807) is 0 Å². The third-order valence-electron chi connectivity index (χ3n) is 2.95. The molecule has 0 spiro atoms. The average Bonchev–Trinajstić information content (AvgIpc) is 2.36. The number of amides is 1. The summed E-state index contributed by atoms with van der Waals surface area (Å²) >= 11 is 0. The Balaban J connectivity index is 2.56. The molecule has 0 radical (unpaired) electrons. The maximum Gasteiger partial charge on any atom is 0.224 e. The number of nitrogens with two attached hydrogens (primary N) is 1. The highest BCUT2D eigenvalue weighted by Gasteiger charge is 2.17. The minimum Gasteiger partial charge on any atom is -0.349 e. The van der Waals surface area contributed by atoms with Gasteiger partial charge in [-0.15, -0.1) is 0 Å². The first kappa shape index (κ1) is 13.7. The van der Waals surface area contributed by atoms with Crippen molar-refractivity contribution in [2.45, 2.75) is 32.7 Å². The molecule has 1 amide bonds. The van der Waals surface area contributed by atoms with Crippen molar-refractivity contribution >= 4 is 5.91 Å². The molecular formula is C14H22N2O. The van der Waals surface area contributed by atoms with Gasteiger partial charge in [-0.3, -0.25) is 4.79 Å². The zero-order valence-electron chi connectivity index (χ0n) is 10.6. The van der Waals surface area contributed by atoms with Crippen molar-refractivity contribution in [1.82, 2.24) is 5.32 Å². The van der Waals surface area contributed by atoms with Crippen molar-refractivity contribution in [2.75, 3.05) is 6.54 Å². The molecule has 0 heterocycles. The van der Waals surface area contributed by atoms with Gasteiger partial charge < -0.3 is 11.1 Å². The first-order valence-electron chi connectivity index (χ1n) is 6.24. The largest absolute Gasteiger partial charge is 0.349 e. The monoisotopic (exact) mass is 234 g/mol. The molecule has 94 valence electrons. The number of carbonyl (C=O) groups excluding carboxylic acids is 1. The van der Waals surface area contributed by atoms with Gasteiger partial charge >= 0.3 is 0 Å². The van der Waals surface area contributed by atoms with Crippen LogP contribution in [0.3, 0.4) is 0 Å². The van der Waals surface area contributed by atoms with Gasteiger partial charge in [0.1, 0.15) is 0 Å². The minimum atomic E-state index is -0.0637. The molecule has 1 rings (SSSR count). The molecule has 0 bridgehead atoms. The van der Waals surface area contributed by atoms with E-state index in [1.807, 2.05) is 37.3 Å². The normalized spacial score (nSPS) is 14.1. The van der Waals surface area contributed by atoms with Crippen LogP contribution in [0.15, 0.2) is 30.3 Å². The molecule has 1 aromatic carbocycles. The van der Waals surface area contributed by atoms with E-state index in [2.05, 4.69) is 12.2 Å². The number of carbonyl (C=O) groups is 1. The average molecular weight is 234 g/mol. The van der Waals surface area contributed by atoms with E-state index >= 15 is 0 Å². The quantitative estimate of drug-likeness (QED) is 0.793. The van der Waals surface area contributed by atoms with E-state index in [0.717, 1.165) is 18.4 Å². The second-order valence-corrected chi connectivity index (χ2v) is 4.36. The van der Waals surface area contributed by atoms with Crippen LogP contribution in [0.2, 0.25) is 0 Å². The van der Waals surface area contributed by atoms with Crippen LogP contribution in [-0.2, 0) is 4.79 Å². The van der Waals surface area contributed by atoms with Gasteiger partial charge in [-0.1, -0.05) is 43.7 Å². The summed E-state index contributed by atoms with van der Waals surface area (Å²) < 4.78 is 0. The van der Waals surface area contributed by atoms with Gasteiger partial charge in [-0.2, -0.15) is 0 Å². The van der Waals surface area contributed by atoms with Crippen molar-refractivity contribution < 1.29 is 4.79 Å². The maximum atomic E-state index is 12.0. The zero-order valence-corrected chi connectivity index (χ0v) is 10.6. The first-order valence-corrected chi connectivity index (χ1v) is 6.24. The van der Waals surface area contributed by atoms with Crippen LogP contribution in [0, 0.1) is 5.92 Å². The van der Waals surface area contributed by atoms with Gasteiger partial charge in [0.2, 0.25) is 5.91 Å². The highest BCUT2D eigenvalue weighted by molar-refractivity contribution is 5.79. The fourth-order valence-corrected chi connectivity index (χ4v) is 1.86. The molecule has 3 heteroatoms. The van der Waals surface area contributed by atoms with E-state index < -0.39 is 0 Å². The molecule has 0 aliphatic rings. The number of hydrogen-bond acceptors (Lipinski definition) is 2. The summed E-state index contributed by atoms with van der Waals surface area (Å²) in [5.41, 5.74) is 6.73. The first-order chi connectivity index (χ1) is 8.19. The lowest BCUT2D eigenvalue weighted by Crippen LogP contribution is -2.36. The molecule has 0 saturated carbocycles. The highest BCUT2D eigenvalue weighted by atomic mass is 16.1. The summed E-state index contributed by atoms with van der Waals surface area (Å²) in [5, 5.41) is 3.01. The Morgan fingerprint density at radius 2 is 2.00 bits per heavy atom. The predicted octanol–water partition coefficient (Wildman–Crippen LogP) is 2.24. The Bertz CT molecular complexity index is 337. The maximum absolute atomic E-state index is 12.0. The van der Waals surface area contributed by atoms with Crippen LogP contribution in [0.4, 0.5) is 0 Å². The molecule has 2 unspecified atom stereocenters. The lowest BCUT2D eigenvalue weighted by atomic mass is 10.0. The topological polar surface area (TPSA) is 55.1 Å². The smallest absolute Gasteiger partial charge is 0.224 e. The number of benzene rings is 1. The summed E-state index contributed by atoms with van der Waals surface area (Å²) in [6.07, 6.45) is 1.83. The fraction of sp³-hybridized carbons (Fsp3) is 0.500. The van der Waals surface area contributed by atoms with Gasteiger partial charge in [-0.25, -0.2) is 0 Å². The SMILES string of the molecule is CCCC(CN)C(=O)NC(C)c1ccccc1. The lowest BCUT2D eigenvalue weighted by molar-refractivity contribution is -0.125. The Morgan fingerprint density at radius 1 is 1.35 bits per heavy atom. The number of rotatable bonds is 6. The van der Waals surface area contributed by atoms with E-state index in [1.165, 1.54) is 0 Å². The Hall–Kier alpha value is -1.35. The van der Waals surface area contributed by atoms with E-state index in [9.17, 15) is 4.79 Å². The van der Waals surface area contributed by atoms with Crippen LogP contribution >= 0.6 is 0 Å². The molecule has 3 N–H and O–H groups in total. The minimum absolute atomic E-state index is 0.0367. The lowest BCUT2D eigenvalue weighted by Gasteiger charge is -2.19. The van der Waals surface area contributed by atoms with Crippen molar-refractivity contribution in [2.24, 2.45) is 11.7 Å². The van der Waals surface area contributed by atoms with Crippen molar-refractivity contribution in [1.29, 1.82) is 0 Å². The molecule has 0 aliphatic carbocycles. The van der Waals surface area contributed by atoms with Crippen LogP contribution in [0.5, 0.6) is 0 Å². The Kier molecular flexibility index (Phi) is 5.70. The molecule has 3 nitrogen and oxygen atoms in total. The predicted molar refractivity (Wildman–Crippen MR) is 70.5 cm³/mol. The molecule has 0 fully saturated rings. The van der Waals surface area contributed by atoms with E-state index in [4.69, 9.17) is 5.73 Å². The molecule has 0 saturated heterocycles. The molecule has 2 atom stereocenters. The summed E-state index contributed by atoms with van der Waals surface area (Å²) in [7, 11) is 0. The van der Waals surface area contributed by atoms with Gasteiger partial charge in [0.25, 0.3) is 0 Å². The van der Waals surface area contributed by atoms with Crippen molar-refractivity contribution in [3.63, 3.8) is 0 Å². The molecular weight excluding hydrogens is 212 g/mol. The second-order valence-electron chi connectivity index (χ2n) is 4.36. The molecule has 0 aliphatic heterocycles. The van der Waals surface area contributed by atoms with Crippen LogP contribution < -0.4 is 11.1 Å². The summed E-state index contributed by atoms with van der Waals surface area (Å²) in [4.78, 5) is 12.0. The zero-order chi connectivity index (χ0) is 12.7. The van der Waals surface area contributed by atoms with Crippen LogP contribution in [0.25, 0.3) is 0 Å². The van der Waals surface area contributed by atoms with Gasteiger partial charge in [-0.05, 0) is 18.9 Å². The van der Waals surface area contributed by atoms with Crippen LogP contribution in [-0.4, -0.2) is 12.5 Å². The van der Waals surface area contributed by atoms with Gasteiger partial charge in [0, 0.05) is 6.54 Å². The van der Waals surface area contributed by atoms with E-state index in [-0.39, 0.29) is 17.9 Å². The standard InChI is InChI=1S/C14H22N2O/c1-3-7-13(10-15)14(17)16-11(2)12-8-5-4-6-9-12/h4-6,8-9,11,13H,3,7,10,15H2,1-2H3,(H,16,17). The summed E-state index contributed by atoms with van der Waals surface area (Å²) in [6.45, 7) is 4.48. The van der Waals surface area contributed by atoms with Crippen LogP contribution in [0.1, 0.15) is 38.3 Å². The Morgan fingerprint density at radius 3 is 2.53 bits per heavy atom. The molecule has 0 aromatic heterocycles. The second kappa shape index (κ2) is 7.07. The fourth-order valence-electron chi connectivity index (χ4n) is 1.86. The van der Waals surface area contributed by atoms with Crippen molar-refractivity contribution in [3.8, 4) is 0 Å². The van der Waals surface area contributed by atoms with E-state index in [0.29, 0.717) is 6.54 Å². The summed E-state index contributed by atoms with van der Waals surface area (Å²) in [6, 6.07) is 9.99. The Labute approximate surface area is 103 Å². The van der Waals surface area contributed by atoms with Gasteiger partial charge in [0.15, 0.2) is 0 Å². The van der Waals surface area contributed by atoms with Gasteiger partial charge in [0.05, 0.1) is 12.0 Å². The third kappa shape index (κ3) is 4.19. The highest BCUT2D eigenvalue weighted by Crippen LogP contribution is 2.13. The van der Waals surface area contributed by atoms with Crippen molar-refractivity contribution in [3.05, 3.63) is 35.9 Å². The number of hydrogen-bond donors (Lipinski definition) is 2. The number of nitrogens with one attached hydrogen (secondary N) is 1. The third-order valence-corrected chi connectivity index (χ3v) is 2.95.